The fourth-order valence-corrected chi connectivity index (χ4v) is 2.42. The molecule has 2 aliphatic heterocycles. The molecule has 2 heteroatoms. The summed E-state index contributed by atoms with van der Waals surface area (Å²) in [5.41, 5.74) is 2.61. The van der Waals surface area contributed by atoms with Crippen LogP contribution in [0, 0.1) is 0 Å². The highest BCUT2D eigenvalue weighted by molar-refractivity contribution is 5.49. The van der Waals surface area contributed by atoms with E-state index in [2.05, 4.69) is 26.0 Å². The Balaban J connectivity index is 2.02. The molecule has 0 aromatic heterocycles. The molecule has 0 radical (unpaired) electrons. The number of ether oxygens (including phenoxy) is 2. The van der Waals surface area contributed by atoms with E-state index in [1.807, 2.05) is 0 Å². The average molecular weight is 204 g/mol. The fourth-order valence-electron chi connectivity index (χ4n) is 2.42. The zero-order chi connectivity index (χ0) is 10.4. The van der Waals surface area contributed by atoms with Crippen molar-refractivity contribution in [3.05, 3.63) is 23.3 Å². The van der Waals surface area contributed by atoms with E-state index in [1.165, 1.54) is 11.1 Å². The molecule has 0 amide bonds. The Labute approximate surface area is 90.2 Å². The van der Waals surface area contributed by atoms with Gasteiger partial charge in [-0.25, -0.2) is 0 Å². The van der Waals surface area contributed by atoms with Gasteiger partial charge < -0.3 is 9.47 Å². The molecule has 0 N–H and O–H groups in total. The maximum Gasteiger partial charge on any atom is 0.123 e. The van der Waals surface area contributed by atoms with Crippen molar-refractivity contribution in [3.8, 4) is 11.5 Å². The summed E-state index contributed by atoms with van der Waals surface area (Å²) in [7, 11) is 0. The molecule has 2 aliphatic rings. The largest absolute Gasteiger partial charge is 0.490 e. The summed E-state index contributed by atoms with van der Waals surface area (Å²) in [5, 5.41) is 0. The van der Waals surface area contributed by atoms with Crippen molar-refractivity contribution in [2.75, 3.05) is 0 Å². The predicted molar refractivity (Wildman–Crippen MR) is 58.6 cm³/mol. The lowest BCUT2D eigenvalue weighted by molar-refractivity contribution is 0.192. The van der Waals surface area contributed by atoms with E-state index in [0.717, 1.165) is 30.8 Å². The van der Waals surface area contributed by atoms with E-state index < -0.39 is 0 Å². The second-order valence-electron chi connectivity index (χ2n) is 4.67. The standard InChI is InChI=1S/C13H16O2/c1-8-3-4-10-6-13-11(5-9(2)15-13)7-12(10)14-8/h6-9H,3-5H2,1-2H3. The first-order valence-electron chi connectivity index (χ1n) is 5.71. The number of rotatable bonds is 0. The van der Waals surface area contributed by atoms with Crippen molar-refractivity contribution in [1.82, 2.24) is 0 Å². The lowest BCUT2D eigenvalue weighted by Crippen LogP contribution is -2.18. The maximum atomic E-state index is 5.84. The van der Waals surface area contributed by atoms with Crippen molar-refractivity contribution < 1.29 is 9.47 Å². The first kappa shape index (κ1) is 9.08. The number of fused-ring (bicyclic) bond motifs is 2. The molecule has 2 unspecified atom stereocenters. The highest BCUT2D eigenvalue weighted by Gasteiger charge is 2.24. The van der Waals surface area contributed by atoms with Crippen molar-refractivity contribution in [2.45, 2.75) is 45.3 Å². The van der Waals surface area contributed by atoms with Crippen LogP contribution in [0.4, 0.5) is 0 Å². The molecule has 0 bridgehead atoms. The quantitative estimate of drug-likeness (QED) is 0.647. The van der Waals surface area contributed by atoms with E-state index in [1.54, 1.807) is 0 Å². The Kier molecular flexibility index (Phi) is 1.91. The minimum absolute atomic E-state index is 0.321. The van der Waals surface area contributed by atoms with Gasteiger partial charge >= 0.3 is 0 Å². The Morgan fingerprint density at radius 3 is 2.53 bits per heavy atom. The van der Waals surface area contributed by atoms with Crippen LogP contribution >= 0.6 is 0 Å². The topological polar surface area (TPSA) is 18.5 Å². The van der Waals surface area contributed by atoms with Gasteiger partial charge in [-0.2, -0.15) is 0 Å². The lowest BCUT2D eigenvalue weighted by Gasteiger charge is -2.23. The van der Waals surface area contributed by atoms with Gasteiger partial charge in [0.15, 0.2) is 0 Å². The first-order valence-corrected chi connectivity index (χ1v) is 5.71. The van der Waals surface area contributed by atoms with Crippen LogP contribution in [0.3, 0.4) is 0 Å². The van der Waals surface area contributed by atoms with Crippen LogP contribution in [0.25, 0.3) is 0 Å². The van der Waals surface area contributed by atoms with E-state index in [9.17, 15) is 0 Å². The van der Waals surface area contributed by atoms with E-state index in [4.69, 9.17) is 9.47 Å². The second-order valence-corrected chi connectivity index (χ2v) is 4.67. The predicted octanol–water partition coefficient (Wildman–Crippen LogP) is 2.72. The van der Waals surface area contributed by atoms with Gasteiger partial charge in [0.2, 0.25) is 0 Å². The molecule has 1 aromatic carbocycles. The third kappa shape index (κ3) is 1.48. The van der Waals surface area contributed by atoms with Crippen LogP contribution in [-0.2, 0) is 12.8 Å². The van der Waals surface area contributed by atoms with Gasteiger partial charge in [-0.1, -0.05) is 0 Å². The van der Waals surface area contributed by atoms with Crippen LogP contribution in [0.1, 0.15) is 31.4 Å². The normalized spacial score (nSPS) is 27.6. The van der Waals surface area contributed by atoms with Crippen LogP contribution in [0.2, 0.25) is 0 Å². The number of aryl methyl sites for hydroxylation is 1. The molecule has 2 nitrogen and oxygen atoms in total. The van der Waals surface area contributed by atoms with Crippen molar-refractivity contribution >= 4 is 0 Å². The van der Waals surface area contributed by atoms with Crippen LogP contribution < -0.4 is 9.47 Å². The SMILES string of the molecule is CC1CCc2cc3c(cc2O1)CC(C)O3. The maximum absolute atomic E-state index is 5.84. The highest BCUT2D eigenvalue weighted by Crippen LogP contribution is 2.37. The molecule has 80 valence electrons. The zero-order valence-electron chi connectivity index (χ0n) is 9.25. The molecule has 2 heterocycles. The second kappa shape index (κ2) is 3.16. The van der Waals surface area contributed by atoms with Crippen LogP contribution in [0.5, 0.6) is 11.5 Å². The van der Waals surface area contributed by atoms with Gasteiger partial charge in [-0.3, -0.25) is 0 Å². The van der Waals surface area contributed by atoms with Gasteiger partial charge in [0.1, 0.15) is 17.6 Å². The Morgan fingerprint density at radius 1 is 1.00 bits per heavy atom. The molecule has 0 saturated carbocycles. The van der Waals surface area contributed by atoms with Crippen molar-refractivity contribution in [1.29, 1.82) is 0 Å². The number of hydrogen-bond acceptors (Lipinski definition) is 2. The molecular formula is C13H16O2. The lowest BCUT2D eigenvalue weighted by atomic mass is 9.99. The molecule has 15 heavy (non-hydrogen) atoms. The highest BCUT2D eigenvalue weighted by atomic mass is 16.5. The molecule has 3 rings (SSSR count). The summed E-state index contributed by atoms with van der Waals surface area (Å²) in [6, 6.07) is 4.34. The first-order chi connectivity index (χ1) is 7.22. The molecule has 1 aromatic rings. The molecule has 0 saturated heterocycles. The monoisotopic (exact) mass is 204 g/mol. The van der Waals surface area contributed by atoms with Gasteiger partial charge in [-0.15, -0.1) is 0 Å². The molecule has 0 aliphatic carbocycles. The van der Waals surface area contributed by atoms with E-state index in [0.29, 0.717) is 12.2 Å². The minimum Gasteiger partial charge on any atom is -0.490 e. The molecular weight excluding hydrogens is 188 g/mol. The summed E-state index contributed by atoms with van der Waals surface area (Å²) >= 11 is 0. The smallest absolute Gasteiger partial charge is 0.123 e. The third-order valence-electron chi connectivity index (χ3n) is 3.23. The summed E-state index contributed by atoms with van der Waals surface area (Å²) in [6.07, 6.45) is 3.92. The number of hydrogen-bond donors (Lipinski definition) is 0. The van der Waals surface area contributed by atoms with E-state index in [-0.39, 0.29) is 0 Å². The Morgan fingerprint density at radius 2 is 1.67 bits per heavy atom. The number of benzene rings is 1. The average Bonchev–Trinajstić information content (AvgIpc) is 2.53. The van der Waals surface area contributed by atoms with Gasteiger partial charge in [0.25, 0.3) is 0 Å². The minimum atomic E-state index is 0.321. The van der Waals surface area contributed by atoms with Crippen LogP contribution in [-0.4, -0.2) is 12.2 Å². The summed E-state index contributed by atoms with van der Waals surface area (Å²) < 4.78 is 11.6. The van der Waals surface area contributed by atoms with Crippen molar-refractivity contribution in [2.24, 2.45) is 0 Å². The Bertz CT molecular complexity index is 398. The third-order valence-corrected chi connectivity index (χ3v) is 3.23. The van der Waals surface area contributed by atoms with Crippen LogP contribution in [0.15, 0.2) is 12.1 Å². The van der Waals surface area contributed by atoms with Gasteiger partial charge in [0, 0.05) is 12.0 Å². The van der Waals surface area contributed by atoms with Crippen molar-refractivity contribution in [3.63, 3.8) is 0 Å². The zero-order valence-corrected chi connectivity index (χ0v) is 9.25. The summed E-state index contributed by atoms with van der Waals surface area (Å²) in [5.74, 6) is 2.14. The van der Waals surface area contributed by atoms with E-state index >= 15 is 0 Å². The summed E-state index contributed by atoms with van der Waals surface area (Å²) in [4.78, 5) is 0. The summed E-state index contributed by atoms with van der Waals surface area (Å²) in [6.45, 7) is 4.25. The van der Waals surface area contributed by atoms with Gasteiger partial charge in [-0.05, 0) is 44.4 Å². The Hall–Kier alpha value is -1.18. The fraction of sp³-hybridized carbons (Fsp3) is 0.538. The molecule has 0 fully saturated rings. The molecule has 0 spiro atoms. The molecule has 2 atom stereocenters. The van der Waals surface area contributed by atoms with Gasteiger partial charge in [0.05, 0.1) is 6.10 Å².